The summed E-state index contributed by atoms with van der Waals surface area (Å²) >= 11 is 5.87. The highest BCUT2D eigenvalue weighted by Crippen LogP contribution is 2.25. The van der Waals surface area contributed by atoms with E-state index in [-0.39, 0.29) is 30.8 Å². The van der Waals surface area contributed by atoms with E-state index in [0.29, 0.717) is 23.2 Å². The molecule has 3 N–H and O–H groups in total. The van der Waals surface area contributed by atoms with Crippen molar-refractivity contribution < 1.29 is 9.21 Å². The normalized spacial score (nSPS) is 11.6. The summed E-state index contributed by atoms with van der Waals surface area (Å²) in [6, 6.07) is 7.33. The number of oxazole rings is 1. The van der Waals surface area contributed by atoms with Gasteiger partial charge in [-0.05, 0) is 31.2 Å². The second-order valence-corrected chi connectivity index (χ2v) is 5.32. The van der Waals surface area contributed by atoms with Crippen LogP contribution in [0.3, 0.4) is 0 Å². The maximum atomic E-state index is 11.7. The molecule has 1 atom stereocenters. The molecule has 0 aliphatic heterocycles. The Kier molecular flexibility index (Phi) is 6.87. The Bertz CT molecular complexity index is 626. The van der Waals surface area contributed by atoms with Gasteiger partial charge in [-0.1, -0.05) is 18.5 Å². The predicted octanol–water partition coefficient (Wildman–Crippen LogP) is 2.94. The Morgan fingerprint density at radius 3 is 2.64 bits per heavy atom. The molecule has 0 saturated heterocycles. The monoisotopic (exact) mass is 343 g/mol. The number of nitrogens with two attached hydrogens (primary N) is 1. The minimum absolute atomic E-state index is 0. The van der Waals surface area contributed by atoms with Gasteiger partial charge in [-0.25, -0.2) is 4.98 Å². The van der Waals surface area contributed by atoms with Crippen LogP contribution in [0.1, 0.15) is 18.5 Å². The number of rotatable bonds is 5. The molecular formula is C15H19Cl2N3O2. The molecule has 1 amide bonds. The minimum Gasteiger partial charge on any atom is -0.438 e. The van der Waals surface area contributed by atoms with Gasteiger partial charge < -0.3 is 15.5 Å². The quantitative estimate of drug-likeness (QED) is 0.874. The summed E-state index contributed by atoms with van der Waals surface area (Å²) in [6.45, 7) is 4.20. The zero-order valence-corrected chi connectivity index (χ0v) is 14.0. The van der Waals surface area contributed by atoms with E-state index in [1.165, 1.54) is 0 Å². The summed E-state index contributed by atoms with van der Waals surface area (Å²) in [5.41, 5.74) is 7.12. The van der Waals surface area contributed by atoms with Gasteiger partial charge in [0, 0.05) is 23.0 Å². The van der Waals surface area contributed by atoms with Crippen molar-refractivity contribution in [1.29, 1.82) is 0 Å². The largest absolute Gasteiger partial charge is 0.438 e. The lowest BCUT2D eigenvalue weighted by Crippen LogP contribution is -2.32. The maximum Gasteiger partial charge on any atom is 0.224 e. The minimum atomic E-state index is -0.225. The first-order chi connectivity index (χ1) is 10.0. The summed E-state index contributed by atoms with van der Waals surface area (Å²) in [5, 5.41) is 3.42. The van der Waals surface area contributed by atoms with Crippen LogP contribution in [0, 0.1) is 12.8 Å². The van der Waals surface area contributed by atoms with Crippen LogP contribution in [0.2, 0.25) is 5.02 Å². The number of carbonyl (C=O) groups excluding carboxylic acids is 1. The molecule has 0 saturated carbocycles. The van der Waals surface area contributed by atoms with Crippen molar-refractivity contribution in [2.24, 2.45) is 11.7 Å². The fourth-order valence-electron chi connectivity index (χ4n) is 1.84. The van der Waals surface area contributed by atoms with Gasteiger partial charge in [-0.3, -0.25) is 4.79 Å². The molecule has 1 aromatic heterocycles. The van der Waals surface area contributed by atoms with Crippen LogP contribution < -0.4 is 11.1 Å². The van der Waals surface area contributed by atoms with Crippen molar-refractivity contribution in [1.82, 2.24) is 10.3 Å². The molecule has 5 nitrogen and oxygen atoms in total. The fraction of sp³-hybridized carbons (Fsp3) is 0.333. The first-order valence-electron chi connectivity index (χ1n) is 6.71. The number of nitrogens with one attached hydrogen (secondary N) is 1. The highest BCUT2D eigenvalue weighted by atomic mass is 35.5. The zero-order valence-electron chi connectivity index (χ0n) is 12.4. The van der Waals surface area contributed by atoms with Crippen molar-refractivity contribution >= 4 is 29.9 Å². The number of carbonyl (C=O) groups is 1. The molecule has 7 heteroatoms. The average Bonchev–Trinajstić information content (AvgIpc) is 2.85. The third kappa shape index (κ3) is 4.47. The van der Waals surface area contributed by atoms with E-state index in [2.05, 4.69) is 10.3 Å². The number of hydrogen-bond acceptors (Lipinski definition) is 4. The maximum absolute atomic E-state index is 11.7. The molecule has 2 rings (SSSR count). The van der Waals surface area contributed by atoms with Gasteiger partial charge in [-0.2, -0.15) is 0 Å². The predicted molar refractivity (Wildman–Crippen MR) is 89.0 cm³/mol. The van der Waals surface area contributed by atoms with Crippen molar-refractivity contribution in [3.8, 4) is 11.3 Å². The molecule has 1 aromatic carbocycles. The van der Waals surface area contributed by atoms with Crippen LogP contribution in [-0.2, 0) is 11.3 Å². The lowest BCUT2D eigenvalue weighted by molar-refractivity contribution is -0.124. The van der Waals surface area contributed by atoms with Crippen LogP contribution in [-0.4, -0.2) is 17.4 Å². The molecule has 1 unspecified atom stereocenters. The first-order valence-corrected chi connectivity index (χ1v) is 7.09. The highest BCUT2D eigenvalue weighted by Gasteiger charge is 2.14. The molecule has 0 aliphatic carbocycles. The summed E-state index contributed by atoms with van der Waals surface area (Å²) in [7, 11) is 0. The molecule has 0 spiro atoms. The second-order valence-electron chi connectivity index (χ2n) is 4.88. The van der Waals surface area contributed by atoms with Gasteiger partial charge >= 0.3 is 0 Å². The van der Waals surface area contributed by atoms with E-state index in [1.807, 2.05) is 19.1 Å². The number of aryl methyl sites for hydroxylation is 1. The lowest BCUT2D eigenvalue weighted by Gasteiger charge is -2.07. The van der Waals surface area contributed by atoms with Crippen LogP contribution in [0.5, 0.6) is 0 Å². The van der Waals surface area contributed by atoms with Crippen molar-refractivity contribution in [3.05, 3.63) is 40.9 Å². The number of hydrogen-bond donors (Lipinski definition) is 2. The standard InChI is InChI=1S/C15H18ClN3O2.ClH/c1-9(7-17)15(20)18-8-13-19-10(2)14(21-13)11-3-5-12(16)6-4-11;/h3-6,9H,7-8,17H2,1-2H3,(H,18,20);1H. The second kappa shape index (κ2) is 8.17. The molecule has 0 aliphatic rings. The molecular weight excluding hydrogens is 325 g/mol. The van der Waals surface area contributed by atoms with Gasteiger partial charge in [0.2, 0.25) is 11.8 Å². The lowest BCUT2D eigenvalue weighted by atomic mass is 10.1. The van der Waals surface area contributed by atoms with Gasteiger partial charge in [0.1, 0.15) is 0 Å². The van der Waals surface area contributed by atoms with E-state index in [1.54, 1.807) is 19.1 Å². The third-order valence-corrected chi connectivity index (χ3v) is 3.41. The van der Waals surface area contributed by atoms with E-state index in [4.69, 9.17) is 21.8 Å². The van der Waals surface area contributed by atoms with Gasteiger partial charge in [0.25, 0.3) is 0 Å². The van der Waals surface area contributed by atoms with Crippen molar-refractivity contribution in [2.45, 2.75) is 20.4 Å². The van der Waals surface area contributed by atoms with Crippen molar-refractivity contribution in [3.63, 3.8) is 0 Å². The van der Waals surface area contributed by atoms with Gasteiger partial charge in [0.05, 0.1) is 12.2 Å². The topological polar surface area (TPSA) is 81.2 Å². The molecule has 0 fully saturated rings. The Morgan fingerprint density at radius 1 is 1.41 bits per heavy atom. The summed E-state index contributed by atoms with van der Waals surface area (Å²) < 4.78 is 5.70. The van der Waals surface area contributed by atoms with Gasteiger partial charge in [-0.15, -0.1) is 12.4 Å². The van der Waals surface area contributed by atoms with Crippen LogP contribution in [0.15, 0.2) is 28.7 Å². The average molecular weight is 344 g/mol. The van der Waals surface area contributed by atoms with E-state index >= 15 is 0 Å². The number of amides is 1. The van der Waals surface area contributed by atoms with Crippen LogP contribution >= 0.6 is 24.0 Å². The Labute approximate surface area is 140 Å². The number of halogens is 2. The van der Waals surface area contributed by atoms with Crippen LogP contribution in [0.25, 0.3) is 11.3 Å². The molecule has 22 heavy (non-hydrogen) atoms. The Balaban J connectivity index is 0.00000242. The van der Waals surface area contributed by atoms with Crippen LogP contribution in [0.4, 0.5) is 0 Å². The van der Waals surface area contributed by atoms with E-state index in [9.17, 15) is 4.79 Å². The fourth-order valence-corrected chi connectivity index (χ4v) is 1.97. The molecule has 1 heterocycles. The Hall–Kier alpha value is -1.56. The highest BCUT2D eigenvalue weighted by molar-refractivity contribution is 6.30. The van der Waals surface area contributed by atoms with E-state index < -0.39 is 0 Å². The number of aromatic nitrogens is 1. The number of benzene rings is 1. The molecule has 2 aromatic rings. The Morgan fingerprint density at radius 2 is 2.05 bits per heavy atom. The number of nitrogens with zero attached hydrogens (tertiary/aromatic N) is 1. The smallest absolute Gasteiger partial charge is 0.224 e. The third-order valence-electron chi connectivity index (χ3n) is 3.16. The molecule has 0 bridgehead atoms. The SMILES string of the molecule is Cc1nc(CNC(=O)C(C)CN)oc1-c1ccc(Cl)cc1.Cl. The van der Waals surface area contributed by atoms with E-state index in [0.717, 1.165) is 11.3 Å². The summed E-state index contributed by atoms with van der Waals surface area (Å²) in [5.74, 6) is 0.816. The van der Waals surface area contributed by atoms with Crippen molar-refractivity contribution in [2.75, 3.05) is 6.54 Å². The molecule has 120 valence electrons. The molecule has 0 radical (unpaired) electrons. The zero-order chi connectivity index (χ0) is 15.4. The summed E-state index contributed by atoms with van der Waals surface area (Å²) in [4.78, 5) is 16.0. The van der Waals surface area contributed by atoms with Gasteiger partial charge in [0.15, 0.2) is 5.76 Å². The first kappa shape index (κ1) is 18.5. The summed E-state index contributed by atoms with van der Waals surface area (Å²) in [6.07, 6.45) is 0.